The van der Waals surface area contributed by atoms with Gasteiger partial charge in [0, 0.05) is 12.1 Å². The summed E-state index contributed by atoms with van der Waals surface area (Å²) in [5.74, 6) is 0.601. The number of halogens is 2. The molecule has 0 saturated heterocycles. The average molecular weight is 295 g/mol. The number of rotatable bonds is 4. The first-order chi connectivity index (χ1) is 7.04. The summed E-state index contributed by atoms with van der Waals surface area (Å²) in [6.45, 7) is 2.42. The van der Waals surface area contributed by atoms with Crippen LogP contribution in [-0.2, 0) is 4.74 Å². The fourth-order valence-corrected chi connectivity index (χ4v) is 2.10. The van der Waals surface area contributed by atoms with Crippen LogP contribution in [0.2, 0.25) is 5.02 Å². The lowest BCUT2D eigenvalue weighted by molar-refractivity contribution is 0.0921. The van der Waals surface area contributed by atoms with E-state index < -0.39 is 0 Å². The van der Waals surface area contributed by atoms with E-state index in [1.165, 1.54) is 0 Å². The molecule has 2 N–H and O–H groups in total. The van der Waals surface area contributed by atoms with Gasteiger partial charge in [-0.2, -0.15) is 0 Å². The third kappa shape index (κ3) is 3.55. The SMILES string of the molecule is COCC(C)Oc1c(N)cc(Cl)cc1Br. The van der Waals surface area contributed by atoms with Crippen molar-refractivity contribution in [3.63, 3.8) is 0 Å². The Morgan fingerprint density at radius 1 is 1.53 bits per heavy atom. The van der Waals surface area contributed by atoms with E-state index in [0.29, 0.717) is 23.1 Å². The van der Waals surface area contributed by atoms with Gasteiger partial charge in [0.25, 0.3) is 0 Å². The molecule has 0 radical (unpaired) electrons. The second-order valence-corrected chi connectivity index (χ2v) is 4.48. The third-order valence-electron chi connectivity index (χ3n) is 1.76. The maximum atomic E-state index is 5.83. The molecule has 0 amide bonds. The maximum absolute atomic E-state index is 5.83. The molecular formula is C10H13BrClNO2. The lowest BCUT2D eigenvalue weighted by Crippen LogP contribution is -2.18. The number of nitrogen functional groups attached to an aromatic ring is 1. The van der Waals surface area contributed by atoms with Crippen molar-refractivity contribution in [2.24, 2.45) is 0 Å². The van der Waals surface area contributed by atoms with Gasteiger partial charge >= 0.3 is 0 Å². The third-order valence-corrected chi connectivity index (χ3v) is 2.56. The van der Waals surface area contributed by atoms with Crippen LogP contribution < -0.4 is 10.5 Å². The summed E-state index contributed by atoms with van der Waals surface area (Å²) in [6.07, 6.45) is -0.0604. The summed E-state index contributed by atoms with van der Waals surface area (Å²) in [5, 5.41) is 0.575. The Morgan fingerprint density at radius 3 is 2.73 bits per heavy atom. The van der Waals surface area contributed by atoms with Gasteiger partial charge in [-0.15, -0.1) is 0 Å². The topological polar surface area (TPSA) is 44.5 Å². The van der Waals surface area contributed by atoms with E-state index in [4.69, 9.17) is 26.8 Å². The molecule has 0 aliphatic heterocycles. The minimum Gasteiger partial charge on any atom is -0.485 e. The van der Waals surface area contributed by atoms with Crippen molar-refractivity contribution >= 4 is 33.2 Å². The lowest BCUT2D eigenvalue weighted by Gasteiger charge is -2.16. The van der Waals surface area contributed by atoms with Crippen molar-refractivity contribution in [2.45, 2.75) is 13.0 Å². The van der Waals surface area contributed by atoms with Crippen LogP contribution in [0, 0.1) is 0 Å². The molecule has 5 heteroatoms. The number of benzene rings is 1. The Kier molecular flexibility index (Phi) is 4.70. The number of nitrogens with two attached hydrogens (primary N) is 1. The highest BCUT2D eigenvalue weighted by molar-refractivity contribution is 9.10. The highest BCUT2D eigenvalue weighted by atomic mass is 79.9. The number of methoxy groups -OCH3 is 1. The molecular weight excluding hydrogens is 281 g/mol. The number of anilines is 1. The number of hydrogen-bond donors (Lipinski definition) is 1. The van der Waals surface area contributed by atoms with E-state index in [9.17, 15) is 0 Å². The van der Waals surface area contributed by atoms with Gasteiger partial charge in [-0.25, -0.2) is 0 Å². The molecule has 1 unspecified atom stereocenters. The van der Waals surface area contributed by atoms with Crippen LogP contribution in [-0.4, -0.2) is 19.8 Å². The van der Waals surface area contributed by atoms with E-state index in [2.05, 4.69) is 15.9 Å². The standard InChI is InChI=1S/C10H13BrClNO2/c1-6(5-14-2)15-10-8(11)3-7(12)4-9(10)13/h3-4,6H,5,13H2,1-2H3. The maximum Gasteiger partial charge on any atom is 0.156 e. The number of ether oxygens (including phenoxy) is 2. The second-order valence-electron chi connectivity index (χ2n) is 3.19. The van der Waals surface area contributed by atoms with Crippen molar-refractivity contribution in [2.75, 3.05) is 19.5 Å². The first kappa shape index (κ1) is 12.6. The molecule has 0 aliphatic rings. The molecule has 0 fully saturated rings. The first-order valence-electron chi connectivity index (χ1n) is 4.44. The van der Waals surface area contributed by atoms with E-state index in [1.807, 2.05) is 6.92 Å². The molecule has 0 aliphatic carbocycles. The molecule has 1 rings (SSSR count). The van der Waals surface area contributed by atoms with Gasteiger partial charge in [-0.1, -0.05) is 11.6 Å². The highest BCUT2D eigenvalue weighted by Gasteiger charge is 2.11. The van der Waals surface area contributed by atoms with E-state index >= 15 is 0 Å². The van der Waals surface area contributed by atoms with Crippen LogP contribution in [0.15, 0.2) is 16.6 Å². The van der Waals surface area contributed by atoms with Gasteiger partial charge in [-0.05, 0) is 35.0 Å². The number of hydrogen-bond acceptors (Lipinski definition) is 3. The Labute approximate surface area is 103 Å². The van der Waals surface area contributed by atoms with Gasteiger partial charge in [0.15, 0.2) is 5.75 Å². The minimum absolute atomic E-state index is 0.0604. The van der Waals surface area contributed by atoms with Crippen LogP contribution in [0.25, 0.3) is 0 Å². The summed E-state index contributed by atoms with van der Waals surface area (Å²) in [7, 11) is 1.63. The zero-order chi connectivity index (χ0) is 11.4. The largest absolute Gasteiger partial charge is 0.485 e. The van der Waals surface area contributed by atoms with Crippen molar-refractivity contribution in [3.8, 4) is 5.75 Å². The van der Waals surface area contributed by atoms with Crippen molar-refractivity contribution in [1.29, 1.82) is 0 Å². The molecule has 84 valence electrons. The fourth-order valence-electron chi connectivity index (χ4n) is 1.17. The van der Waals surface area contributed by atoms with Crippen LogP contribution >= 0.6 is 27.5 Å². The first-order valence-corrected chi connectivity index (χ1v) is 5.61. The Bertz CT molecular complexity index is 323. The predicted octanol–water partition coefficient (Wildman–Crippen LogP) is 3.10. The van der Waals surface area contributed by atoms with Crippen molar-refractivity contribution in [1.82, 2.24) is 0 Å². The smallest absolute Gasteiger partial charge is 0.156 e. The average Bonchev–Trinajstić information content (AvgIpc) is 2.11. The molecule has 1 aromatic rings. The Hall–Kier alpha value is -0.450. The van der Waals surface area contributed by atoms with Gasteiger partial charge in [0.1, 0.15) is 6.10 Å². The molecule has 0 aromatic heterocycles. The fraction of sp³-hybridized carbons (Fsp3) is 0.400. The van der Waals surface area contributed by atoms with Crippen LogP contribution in [0.3, 0.4) is 0 Å². The molecule has 1 aromatic carbocycles. The van der Waals surface area contributed by atoms with Gasteiger partial charge in [0.2, 0.25) is 0 Å². The summed E-state index contributed by atoms with van der Waals surface area (Å²) < 4.78 is 11.3. The molecule has 0 saturated carbocycles. The molecule has 0 bridgehead atoms. The molecule has 1 atom stereocenters. The highest BCUT2D eigenvalue weighted by Crippen LogP contribution is 2.35. The zero-order valence-corrected chi connectivity index (χ0v) is 10.9. The van der Waals surface area contributed by atoms with Crippen molar-refractivity contribution < 1.29 is 9.47 Å². The summed E-state index contributed by atoms with van der Waals surface area (Å²) >= 11 is 9.18. The van der Waals surface area contributed by atoms with E-state index in [0.717, 1.165) is 4.47 Å². The van der Waals surface area contributed by atoms with E-state index in [-0.39, 0.29) is 6.10 Å². The second kappa shape index (κ2) is 5.58. The molecule has 3 nitrogen and oxygen atoms in total. The summed E-state index contributed by atoms with van der Waals surface area (Å²) in [4.78, 5) is 0. The minimum atomic E-state index is -0.0604. The summed E-state index contributed by atoms with van der Waals surface area (Å²) in [6, 6.07) is 3.40. The van der Waals surface area contributed by atoms with Crippen LogP contribution in [0.1, 0.15) is 6.92 Å². The van der Waals surface area contributed by atoms with Crippen LogP contribution in [0.5, 0.6) is 5.75 Å². The predicted molar refractivity (Wildman–Crippen MR) is 65.5 cm³/mol. The van der Waals surface area contributed by atoms with Gasteiger partial charge in [0.05, 0.1) is 16.8 Å². The Balaban J connectivity index is 2.85. The van der Waals surface area contributed by atoms with Crippen molar-refractivity contribution in [3.05, 3.63) is 21.6 Å². The summed E-state index contributed by atoms with van der Waals surface area (Å²) in [5.41, 5.74) is 6.30. The monoisotopic (exact) mass is 293 g/mol. The Morgan fingerprint density at radius 2 is 2.20 bits per heavy atom. The van der Waals surface area contributed by atoms with Crippen LogP contribution in [0.4, 0.5) is 5.69 Å². The molecule has 0 heterocycles. The molecule has 15 heavy (non-hydrogen) atoms. The quantitative estimate of drug-likeness (QED) is 0.868. The van der Waals surface area contributed by atoms with Gasteiger partial charge < -0.3 is 15.2 Å². The molecule has 0 spiro atoms. The lowest BCUT2D eigenvalue weighted by atomic mass is 10.3. The van der Waals surface area contributed by atoms with E-state index in [1.54, 1.807) is 19.2 Å². The normalized spacial score (nSPS) is 12.5. The zero-order valence-electron chi connectivity index (χ0n) is 8.59. The van der Waals surface area contributed by atoms with Gasteiger partial charge in [-0.3, -0.25) is 0 Å².